The fraction of sp³-hybridized carbons (Fsp3) is 0.333. The quantitative estimate of drug-likeness (QED) is 0.508. The number of nitrogens with zero attached hydrogens (tertiary/aromatic N) is 3. The van der Waals surface area contributed by atoms with E-state index in [1.807, 2.05) is 0 Å². The molecule has 1 unspecified atom stereocenters. The summed E-state index contributed by atoms with van der Waals surface area (Å²) in [4.78, 5) is 2.50. The summed E-state index contributed by atoms with van der Waals surface area (Å²) in [6.07, 6.45) is -4.39. The molecule has 0 radical (unpaired) electrons. The molecule has 0 aliphatic carbocycles. The molecule has 94 valence electrons. The van der Waals surface area contributed by atoms with Crippen molar-refractivity contribution in [2.24, 2.45) is 10.8 Å². The first-order valence-electron chi connectivity index (χ1n) is 4.38. The van der Waals surface area contributed by atoms with E-state index in [0.29, 0.717) is 5.56 Å². The van der Waals surface area contributed by atoms with Crippen molar-refractivity contribution in [1.29, 1.82) is 0 Å². The van der Waals surface area contributed by atoms with Crippen molar-refractivity contribution < 1.29 is 13.2 Å². The number of hydrogen-bond donors (Lipinski definition) is 1. The zero-order valence-corrected chi connectivity index (χ0v) is 9.37. The zero-order valence-electron chi connectivity index (χ0n) is 8.55. The van der Waals surface area contributed by atoms with Gasteiger partial charge in [0, 0.05) is 17.5 Å². The summed E-state index contributed by atoms with van der Waals surface area (Å²) in [6.45, 7) is -0.0716. The first kappa shape index (κ1) is 15.6. The number of alkyl halides is 3. The minimum Gasteiger partial charge on any atom is -0.324 e. The van der Waals surface area contributed by atoms with Crippen LogP contribution in [0.25, 0.3) is 10.4 Å². The number of hydrogen-bond acceptors (Lipinski definition) is 2. The Labute approximate surface area is 102 Å². The van der Waals surface area contributed by atoms with E-state index in [-0.39, 0.29) is 19.0 Å². The van der Waals surface area contributed by atoms with E-state index in [1.54, 1.807) is 0 Å². The highest BCUT2D eigenvalue weighted by Crippen LogP contribution is 2.30. The van der Waals surface area contributed by atoms with E-state index in [9.17, 15) is 13.2 Å². The summed E-state index contributed by atoms with van der Waals surface area (Å²) >= 11 is 0. The van der Waals surface area contributed by atoms with Crippen LogP contribution in [0.1, 0.15) is 17.2 Å². The number of azide groups is 1. The topological polar surface area (TPSA) is 74.8 Å². The molecule has 17 heavy (non-hydrogen) atoms. The van der Waals surface area contributed by atoms with Crippen LogP contribution in [0.4, 0.5) is 13.2 Å². The fourth-order valence-electron chi connectivity index (χ4n) is 1.18. The molecule has 4 nitrogen and oxygen atoms in total. The molecule has 1 aromatic rings. The van der Waals surface area contributed by atoms with E-state index < -0.39 is 17.8 Å². The first-order chi connectivity index (χ1) is 7.45. The summed E-state index contributed by atoms with van der Waals surface area (Å²) in [5.41, 5.74) is 13.2. The predicted molar refractivity (Wildman–Crippen MR) is 59.6 cm³/mol. The Morgan fingerprint density at radius 2 is 2.06 bits per heavy atom. The van der Waals surface area contributed by atoms with Gasteiger partial charge >= 0.3 is 6.18 Å². The molecule has 0 spiro atoms. The maximum Gasteiger partial charge on any atom is 0.416 e. The zero-order chi connectivity index (χ0) is 12.2. The van der Waals surface area contributed by atoms with Crippen molar-refractivity contribution in [2.75, 3.05) is 6.54 Å². The standard InChI is InChI=1S/C9H9F3N4.ClH/c10-9(11,12)7-3-1-2-6(4-7)8(13)5-15-16-14;/h1-4,8H,5,13H2;1H. The highest BCUT2D eigenvalue weighted by Gasteiger charge is 2.30. The molecule has 0 saturated carbocycles. The molecule has 1 atom stereocenters. The van der Waals surface area contributed by atoms with Gasteiger partial charge in [0.15, 0.2) is 0 Å². The molecule has 0 bridgehead atoms. The molecule has 2 N–H and O–H groups in total. The van der Waals surface area contributed by atoms with Crippen molar-refractivity contribution >= 4 is 12.4 Å². The van der Waals surface area contributed by atoms with Crippen molar-refractivity contribution in [3.63, 3.8) is 0 Å². The summed E-state index contributed by atoms with van der Waals surface area (Å²) in [7, 11) is 0. The van der Waals surface area contributed by atoms with E-state index in [0.717, 1.165) is 12.1 Å². The number of nitrogens with two attached hydrogens (primary N) is 1. The van der Waals surface area contributed by atoms with E-state index in [4.69, 9.17) is 11.3 Å². The van der Waals surface area contributed by atoms with Crippen molar-refractivity contribution in [3.05, 3.63) is 45.8 Å². The molecule has 0 heterocycles. The third-order valence-electron chi connectivity index (χ3n) is 1.98. The van der Waals surface area contributed by atoms with E-state index in [2.05, 4.69) is 10.0 Å². The van der Waals surface area contributed by atoms with Gasteiger partial charge in [0.2, 0.25) is 0 Å². The minimum absolute atomic E-state index is 0. The molecular formula is C9H10ClF3N4. The average Bonchev–Trinajstić information content (AvgIpc) is 2.25. The van der Waals surface area contributed by atoms with Crippen molar-refractivity contribution in [3.8, 4) is 0 Å². The minimum atomic E-state index is -4.39. The van der Waals surface area contributed by atoms with Gasteiger partial charge in [-0.1, -0.05) is 17.2 Å². The van der Waals surface area contributed by atoms with Gasteiger partial charge in [0.25, 0.3) is 0 Å². The van der Waals surface area contributed by atoms with Crippen LogP contribution < -0.4 is 5.73 Å². The molecular weight excluding hydrogens is 257 g/mol. The van der Waals surface area contributed by atoms with Crippen LogP contribution in [0.5, 0.6) is 0 Å². The van der Waals surface area contributed by atoms with Gasteiger partial charge < -0.3 is 5.73 Å². The normalized spacial score (nSPS) is 12.2. The highest BCUT2D eigenvalue weighted by atomic mass is 35.5. The number of benzene rings is 1. The van der Waals surface area contributed by atoms with Gasteiger partial charge in [-0.25, -0.2) is 0 Å². The molecule has 0 aliphatic rings. The van der Waals surface area contributed by atoms with Crippen LogP contribution in [-0.4, -0.2) is 6.54 Å². The van der Waals surface area contributed by atoms with E-state index in [1.165, 1.54) is 12.1 Å². The lowest BCUT2D eigenvalue weighted by atomic mass is 10.0. The Bertz CT molecular complexity index is 415. The maximum atomic E-state index is 12.4. The lowest BCUT2D eigenvalue weighted by Crippen LogP contribution is -2.14. The Balaban J connectivity index is 0.00000256. The van der Waals surface area contributed by atoms with Gasteiger partial charge in [-0.2, -0.15) is 13.2 Å². The SMILES string of the molecule is Cl.[N-]=[N+]=NCC(N)c1cccc(C(F)(F)F)c1. The third kappa shape index (κ3) is 4.52. The van der Waals surface area contributed by atoms with Gasteiger partial charge in [-0.15, -0.1) is 12.4 Å². The molecule has 0 aromatic heterocycles. The largest absolute Gasteiger partial charge is 0.416 e. The van der Waals surface area contributed by atoms with Crippen LogP contribution in [-0.2, 0) is 6.18 Å². The Morgan fingerprint density at radius 3 is 2.59 bits per heavy atom. The highest BCUT2D eigenvalue weighted by molar-refractivity contribution is 5.85. The Hall–Kier alpha value is -1.43. The van der Waals surface area contributed by atoms with Gasteiger partial charge in [-0.3, -0.25) is 0 Å². The monoisotopic (exact) mass is 266 g/mol. The summed E-state index contributed by atoms with van der Waals surface area (Å²) in [6, 6.07) is 3.93. The van der Waals surface area contributed by atoms with Crippen LogP contribution >= 0.6 is 12.4 Å². The van der Waals surface area contributed by atoms with Crippen LogP contribution in [0, 0.1) is 0 Å². The average molecular weight is 267 g/mol. The molecule has 0 saturated heterocycles. The molecule has 0 amide bonds. The molecule has 8 heteroatoms. The lowest BCUT2D eigenvalue weighted by Gasteiger charge is -2.12. The van der Waals surface area contributed by atoms with Crippen LogP contribution in [0.2, 0.25) is 0 Å². The summed E-state index contributed by atoms with van der Waals surface area (Å²) < 4.78 is 37.1. The molecule has 0 fully saturated rings. The second-order valence-electron chi connectivity index (χ2n) is 3.14. The summed E-state index contributed by atoms with van der Waals surface area (Å²) in [5.74, 6) is 0. The first-order valence-corrected chi connectivity index (χ1v) is 4.38. The van der Waals surface area contributed by atoms with Gasteiger partial charge in [-0.05, 0) is 23.2 Å². The van der Waals surface area contributed by atoms with E-state index >= 15 is 0 Å². The van der Waals surface area contributed by atoms with Crippen molar-refractivity contribution in [2.45, 2.75) is 12.2 Å². The van der Waals surface area contributed by atoms with Gasteiger partial charge in [0.1, 0.15) is 0 Å². The second-order valence-corrected chi connectivity index (χ2v) is 3.14. The fourth-order valence-corrected chi connectivity index (χ4v) is 1.18. The van der Waals surface area contributed by atoms with Gasteiger partial charge in [0.05, 0.1) is 5.56 Å². The number of rotatable bonds is 3. The molecule has 1 aromatic carbocycles. The second kappa shape index (κ2) is 6.34. The van der Waals surface area contributed by atoms with Crippen molar-refractivity contribution in [1.82, 2.24) is 0 Å². The van der Waals surface area contributed by atoms with Crippen LogP contribution in [0.3, 0.4) is 0 Å². The number of halogens is 4. The summed E-state index contributed by atoms with van der Waals surface area (Å²) in [5, 5.41) is 3.21. The predicted octanol–water partition coefficient (Wildman–Crippen LogP) is 3.44. The van der Waals surface area contributed by atoms with Crippen LogP contribution in [0.15, 0.2) is 29.4 Å². The maximum absolute atomic E-state index is 12.4. The molecule has 1 rings (SSSR count). The Morgan fingerprint density at radius 1 is 1.41 bits per heavy atom. The smallest absolute Gasteiger partial charge is 0.324 e. The molecule has 0 aliphatic heterocycles. The third-order valence-corrected chi connectivity index (χ3v) is 1.98. The lowest BCUT2D eigenvalue weighted by molar-refractivity contribution is -0.137. The Kier molecular flexibility index (Phi) is 5.81.